The number of carbonyl (C=O) groups is 1. The Bertz CT molecular complexity index is 1420. The number of aromatic nitrogens is 2. The van der Waals surface area contributed by atoms with Gasteiger partial charge in [0.15, 0.2) is 16.7 Å². The third-order valence-corrected chi connectivity index (χ3v) is 6.59. The predicted octanol–water partition coefficient (Wildman–Crippen LogP) is 5.31. The summed E-state index contributed by atoms with van der Waals surface area (Å²) in [5, 5.41) is 10.1. The van der Waals surface area contributed by atoms with E-state index in [2.05, 4.69) is 27.2 Å². The first-order valence-electron chi connectivity index (χ1n) is 11.1. The van der Waals surface area contributed by atoms with Crippen LogP contribution in [0.3, 0.4) is 0 Å². The first kappa shape index (κ1) is 25.2. The predicted molar refractivity (Wildman–Crippen MR) is 136 cm³/mol. The van der Waals surface area contributed by atoms with Crippen LogP contribution in [0.15, 0.2) is 82.1 Å². The van der Waals surface area contributed by atoms with Gasteiger partial charge in [-0.2, -0.15) is 0 Å². The molecule has 0 aliphatic rings. The Labute approximate surface area is 213 Å². The minimum Gasteiger partial charge on any atom is -0.486 e. The van der Waals surface area contributed by atoms with Gasteiger partial charge in [-0.15, -0.1) is 10.2 Å². The lowest BCUT2D eigenvalue weighted by molar-refractivity contribution is 0.0992. The topological polar surface area (TPSA) is 123 Å². The zero-order chi connectivity index (χ0) is 25.5. The molecule has 9 nitrogen and oxygen atoms in total. The fourth-order valence-corrected chi connectivity index (χ4v) is 4.35. The zero-order valence-corrected chi connectivity index (χ0v) is 20.8. The number of halogens is 1. The van der Waals surface area contributed by atoms with Crippen molar-refractivity contribution < 1.29 is 22.4 Å². The molecular formula is C25H23ClN4O5S. The maximum Gasteiger partial charge on any atom is 0.291 e. The van der Waals surface area contributed by atoms with Gasteiger partial charge in [-0.25, -0.2) is 8.42 Å². The SMILES string of the molecule is CCCc1ccc(OCc2ccc(C(=O)Nc3ccc(S(=O)(=O)Nc4ccc(Cl)nn4)cc3)o2)cc1. The number of ether oxygens (including phenoxy) is 1. The van der Waals surface area contributed by atoms with E-state index in [-0.39, 0.29) is 28.2 Å². The molecule has 0 saturated carbocycles. The minimum atomic E-state index is -3.90. The molecule has 1 amide bonds. The molecule has 2 N–H and O–H groups in total. The molecule has 11 heteroatoms. The number of amides is 1. The van der Waals surface area contributed by atoms with E-state index < -0.39 is 15.9 Å². The van der Waals surface area contributed by atoms with Crippen LogP contribution in [0.2, 0.25) is 5.15 Å². The first-order valence-corrected chi connectivity index (χ1v) is 12.9. The van der Waals surface area contributed by atoms with Crippen LogP contribution in [0.4, 0.5) is 11.5 Å². The van der Waals surface area contributed by atoms with E-state index in [1.54, 1.807) is 12.1 Å². The molecule has 2 heterocycles. The molecule has 0 radical (unpaired) electrons. The van der Waals surface area contributed by atoms with E-state index in [1.807, 2.05) is 24.3 Å². The number of anilines is 2. The Hall–Kier alpha value is -3.89. The third kappa shape index (κ3) is 6.61. The molecule has 2 aromatic carbocycles. The highest BCUT2D eigenvalue weighted by atomic mass is 35.5. The van der Waals surface area contributed by atoms with E-state index in [0.717, 1.165) is 12.8 Å². The number of aryl methyl sites for hydroxylation is 1. The molecule has 0 spiro atoms. The zero-order valence-electron chi connectivity index (χ0n) is 19.3. The minimum absolute atomic E-state index is 0.0163. The summed E-state index contributed by atoms with van der Waals surface area (Å²) in [6, 6.07) is 19.5. The average Bonchev–Trinajstić information content (AvgIpc) is 3.35. The van der Waals surface area contributed by atoms with Crippen molar-refractivity contribution in [3.05, 3.63) is 95.0 Å². The molecular weight excluding hydrogens is 504 g/mol. The fourth-order valence-electron chi connectivity index (χ4n) is 3.25. The number of sulfonamides is 1. The Morgan fingerprint density at radius 1 is 0.972 bits per heavy atom. The number of benzene rings is 2. The normalized spacial score (nSPS) is 11.2. The van der Waals surface area contributed by atoms with Crippen molar-refractivity contribution in [1.82, 2.24) is 10.2 Å². The second-order valence-electron chi connectivity index (χ2n) is 7.77. The highest BCUT2D eigenvalue weighted by Gasteiger charge is 2.16. The molecule has 0 bridgehead atoms. The van der Waals surface area contributed by atoms with Gasteiger partial charge < -0.3 is 14.5 Å². The standard InChI is InChI=1S/C25H23ClN4O5S/c1-2-3-17-4-8-19(9-5-17)34-16-20-10-13-22(35-20)25(31)27-18-6-11-21(12-7-18)36(32,33)30-24-15-14-23(26)28-29-24/h4-15H,2-3,16H2,1H3,(H,27,31)(H,29,30). The monoisotopic (exact) mass is 526 g/mol. The van der Waals surface area contributed by atoms with Crippen molar-refractivity contribution in [2.75, 3.05) is 10.0 Å². The Morgan fingerprint density at radius 2 is 1.72 bits per heavy atom. The highest BCUT2D eigenvalue weighted by molar-refractivity contribution is 7.92. The molecule has 0 fully saturated rings. The molecule has 0 saturated heterocycles. The van der Waals surface area contributed by atoms with E-state index >= 15 is 0 Å². The lowest BCUT2D eigenvalue weighted by atomic mass is 10.1. The first-order chi connectivity index (χ1) is 17.3. The van der Waals surface area contributed by atoms with Crippen LogP contribution in [0, 0.1) is 0 Å². The molecule has 2 aromatic heterocycles. The number of carbonyl (C=O) groups excluding carboxylic acids is 1. The van der Waals surface area contributed by atoms with Gasteiger partial charge in [0.1, 0.15) is 18.1 Å². The maximum atomic E-state index is 12.5. The van der Waals surface area contributed by atoms with Crippen molar-refractivity contribution in [1.29, 1.82) is 0 Å². The van der Waals surface area contributed by atoms with Gasteiger partial charge >= 0.3 is 0 Å². The molecule has 0 aliphatic heterocycles. The number of hydrogen-bond donors (Lipinski definition) is 2. The van der Waals surface area contributed by atoms with Gasteiger partial charge in [0.2, 0.25) is 0 Å². The van der Waals surface area contributed by atoms with Crippen LogP contribution in [0.1, 0.15) is 35.2 Å². The van der Waals surface area contributed by atoms with E-state index in [9.17, 15) is 13.2 Å². The molecule has 4 rings (SSSR count). The number of nitrogens with one attached hydrogen (secondary N) is 2. The van der Waals surface area contributed by atoms with E-state index in [1.165, 1.54) is 42.0 Å². The summed E-state index contributed by atoms with van der Waals surface area (Å²) in [6.07, 6.45) is 2.10. The largest absolute Gasteiger partial charge is 0.486 e. The van der Waals surface area contributed by atoms with Crippen molar-refractivity contribution in [2.24, 2.45) is 0 Å². The quantitative estimate of drug-likeness (QED) is 0.287. The van der Waals surface area contributed by atoms with Crippen LogP contribution in [0.5, 0.6) is 5.75 Å². The lowest BCUT2D eigenvalue weighted by Crippen LogP contribution is -2.15. The second-order valence-corrected chi connectivity index (χ2v) is 9.84. The van der Waals surface area contributed by atoms with Gasteiger partial charge in [-0.05, 0) is 72.6 Å². The summed E-state index contributed by atoms with van der Waals surface area (Å²) < 4.78 is 38.7. The van der Waals surface area contributed by atoms with Gasteiger partial charge in [0.05, 0.1) is 4.90 Å². The fraction of sp³-hybridized carbons (Fsp3) is 0.160. The lowest BCUT2D eigenvalue weighted by Gasteiger charge is -2.08. The van der Waals surface area contributed by atoms with Gasteiger partial charge in [-0.1, -0.05) is 37.1 Å². The van der Waals surface area contributed by atoms with Gasteiger partial charge in [-0.3, -0.25) is 9.52 Å². The van der Waals surface area contributed by atoms with Crippen molar-refractivity contribution in [2.45, 2.75) is 31.3 Å². The van der Waals surface area contributed by atoms with Crippen LogP contribution < -0.4 is 14.8 Å². The smallest absolute Gasteiger partial charge is 0.291 e. The highest BCUT2D eigenvalue weighted by Crippen LogP contribution is 2.20. The maximum absolute atomic E-state index is 12.5. The summed E-state index contributed by atoms with van der Waals surface area (Å²) in [5.74, 6) is 0.866. The number of rotatable bonds is 10. The van der Waals surface area contributed by atoms with Crippen molar-refractivity contribution in [3.8, 4) is 5.75 Å². The molecule has 186 valence electrons. The summed E-state index contributed by atoms with van der Waals surface area (Å²) in [5.41, 5.74) is 1.64. The van der Waals surface area contributed by atoms with Gasteiger partial charge in [0.25, 0.3) is 15.9 Å². The molecule has 0 atom stereocenters. The van der Waals surface area contributed by atoms with E-state index in [0.29, 0.717) is 17.2 Å². The van der Waals surface area contributed by atoms with Crippen LogP contribution in [-0.4, -0.2) is 24.5 Å². The second kappa shape index (κ2) is 11.2. The van der Waals surface area contributed by atoms with E-state index in [4.69, 9.17) is 20.8 Å². The number of furan rings is 1. The van der Waals surface area contributed by atoms with Crippen molar-refractivity contribution in [3.63, 3.8) is 0 Å². The summed E-state index contributed by atoms with van der Waals surface area (Å²) in [6.45, 7) is 2.31. The third-order valence-electron chi connectivity index (χ3n) is 5.02. The molecule has 4 aromatic rings. The summed E-state index contributed by atoms with van der Waals surface area (Å²) in [7, 11) is -3.90. The summed E-state index contributed by atoms with van der Waals surface area (Å²) >= 11 is 5.66. The number of nitrogens with zero attached hydrogens (tertiary/aromatic N) is 2. The Kier molecular flexibility index (Phi) is 7.87. The van der Waals surface area contributed by atoms with Gasteiger partial charge in [0, 0.05) is 5.69 Å². The molecule has 36 heavy (non-hydrogen) atoms. The Morgan fingerprint density at radius 3 is 2.39 bits per heavy atom. The van der Waals surface area contributed by atoms with Crippen LogP contribution >= 0.6 is 11.6 Å². The molecule has 0 aliphatic carbocycles. The van der Waals surface area contributed by atoms with Crippen LogP contribution in [-0.2, 0) is 23.1 Å². The van der Waals surface area contributed by atoms with Crippen LogP contribution in [0.25, 0.3) is 0 Å². The number of hydrogen-bond acceptors (Lipinski definition) is 7. The average molecular weight is 527 g/mol. The summed E-state index contributed by atoms with van der Waals surface area (Å²) in [4.78, 5) is 12.5. The Balaban J connectivity index is 1.32. The van der Waals surface area contributed by atoms with Crippen molar-refractivity contribution >= 4 is 39.0 Å². The molecule has 0 unspecified atom stereocenters.